The van der Waals surface area contributed by atoms with Crippen LogP contribution in [-0.4, -0.2) is 32.9 Å². The third-order valence-electron chi connectivity index (χ3n) is 3.90. The van der Waals surface area contributed by atoms with E-state index in [-0.39, 0.29) is 6.54 Å². The maximum Gasteiger partial charge on any atom is 0.244 e. The Balaban J connectivity index is 2.05. The van der Waals surface area contributed by atoms with Gasteiger partial charge in [0.25, 0.3) is 0 Å². The maximum atomic E-state index is 13.5. The lowest BCUT2D eigenvalue weighted by Gasteiger charge is -2.27. The molecule has 2 aromatic carbocycles. The lowest BCUT2D eigenvalue weighted by Crippen LogP contribution is -2.40. The molecule has 1 unspecified atom stereocenters. The van der Waals surface area contributed by atoms with Gasteiger partial charge in [0.2, 0.25) is 10.0 Å². The summed E-state index contributed by atoms with van der Waals surface area (Å²) >= 11 is 0. The van der Waals surface area contributed by atoms with Gasteiger partial charge in [-0.1, -0.05) is 36.4 Å². The van der Waals surface area contributed by atoms with Crippen molar-refractivity contribution < 1.29 is 25.6 Å². The fraction of sp³-hybridized carbons (Fsp3) is 0.176. The summed E-state index contributed by atoms with van der Waals surface area (Å²) < 4.78 is 77.5. The Morgan fingerprint density at radius 1 is 1.04 bits per heavy atom. The van der Waals surface area contributed by atoms with Crippen molar-refractivity contribution in [3.05, 3.63) is 77.2 Å². The van der Waals surface area contributed by atoms with Crippen LogP contribution >= 0.6 is 0 Å². The molecule has 0 aliphatic carbocycles. The van der Waals surface area contributed by atoms with Gasteiger partial charge in [-0.25, -0.2) is 25.6 Å². The molecule has 1 heterocycles. The minimum Gasteiger partial charge on any atom is -0.224 e. The number of nitrogens with zero attached hydrogens (tertiary/aromatic N) is 1. The highest BCUT2D eigenvalue weighted by molar-refractivity contribution is 7.94. The highest BCUT2D eigenvalue weighted by Crippen LogP contribution is 2.26. The lowest BCUT2D eigenvalue weighted by molar-refractivity contribution is 0.374. The van der Waals surface area contributed by atoms with Crippen LogP contribution in [0.5, 0.6) is 0 Å². The Bertz CT molecular complexity index is 1030. The summed E-state index contributed by atoms with van der Waals surface area (Å²) in [7, 11) is -7.87. The molecule has 1 atom stereocenters. The van der Waals surface area contributed by atoms with Gasteiger partial charge in [0.15, 0.2) is 9.84 Å². The molecule has 0 amide bonds. The Morgan fingerprint density at radius 3 is 2.19 bits per heavy atom. The van der Waals surface area contributed by atoms with E-state index in [4.69, 9.17) is 0 Å². The molecule has 1 aliphatic heterocycles. The van der Waals surface area contributed by atoms with Crippen molar-refractivity contribution in [3.63, 3.8) is 0 Å². The van der Waals surface area contributed by atoms with Crippen LogP contribution < -0.4 is 0 Å². The van der Waals surface area contributed by atoms with E-state index in [1.807, 2.05) is 0 Å². The number of halogens is 2. The summed E-state index contributed by atoms with van der Waals surface area (Å²) in [5.74, 6) is -2.48. The van der Waals surface area contributed by atoms with Crippen molar-refractivity contribution in [1.29, 1.82) is 0 Å². The van der Waals surface area contributed by atoms with Crippen molar-refractivity contribution in [2.45, 2.75) is 17.5 Å². The summed E-state index contributed by atoms with van der Waals surface area (Å²) in [5, 5.41) is 0.956. The first-order valence-corrected chi connectivity index (χ1v) is 10.8. The third-order valence-corrected chi connectivity index (χ3v) is 7.13. The lowest BCUT2D eigenvalue weighted by atomic mass is 10.2. The van der Waals surface area contributed by atoms with Crippen LogP contribution in [0, 0.1) is 11.6 Å². The topological polar surface area (TPSA) is 71.5 Å². The predicted molar refractivity (Wildman–Crippen MR) is 92.2 cm³/mol. The largest absolute Gasteiger partial charge is 0.244 e. The molecule has 0 N–H and O–H groups in total. The molecule has 0 radical (unpaired) electrons. The predicted octanol–water partition coefficient (Wildman–Crippen LogP) is 2.47. The van der Waals surface area contributed by atoms with E-state index >= 15 is 0 Å². The van der Waals surface area contributed by atoms with Crippen LogP contribution in [0.1, 0.15) is 5.56 Å². The molecular weight excluding hydrogens is 384 g/mol. The molecule has 9 heteroatoms. The first-order chi connectivity index (χ1) is 12.2. The minimum atomic E-state index is -4.34. The van der Waals surface area contributed by atoms with Crippen molar-refractivity contribution >= 4 is 19.9 Å². The van der Waals surface area contributed by atoms with Gasteiger partial charge in [-0.3, -0.25) is 0 Å². The highest BCUT2D eigenvalue weighted by Gasteiger charge is 2.36. The molecule has 138 valence electrons. The Labute approximate surface area is 150 Å². The Hall–Kier alpha value is -2.10. The molecule has 1 aliphatic rings. The van der Waals surface area contributed by atoms with Crippen molar-refractivity contribution in [1.82, 2.24) is 4.31 Å². The molecule has 0 spiro atoms. The van der Waals surface area contributed by atoms with Crippen LogP contribution in [0.2, 0.25) is 0 Å². The molecule has 2 aromatic rings. The fourth-order valence-corrected chi connectivity index (χ4v) is 5.70. The van der Waals surface area contributed by atoms with Gasteiger partial charge in [0.1, 0.15) is 11.6 Å². The van der Waals surface area contributed by atoms with Gasteiger partial charge in [0, 0.05) is 18.0 Å². The normalized spacial score (nSPS) is 19.1. The number of rotatable bonds is 5. The van der Waals surface area contributed by atoms with Crippen molar-refractivity contribution in [3.8, 4) is 0 Å². The number of hydrogen-bond acceptors (Lipinski definition) is 4. The minimum absolute atomic E-state index is 0.133. The molecule has 0 fully saturated rings. The van der Waals surface area contributed by atoms with Gasteiger partial charge >= 0.3 is 0 Å². The van der Waals surface area contributed by atoms with E-state index in [0.29, 0.717) is 23.8 Å². The molecule has 0 saturated carbocycles. The Kier molecular flexibility index (Phi) is 4.96. The molecule has 0 saturated heterocycles. The summed E-state index contributed by atoms with van der Waals surface area (Å²) in [6.45, 7) is -0.133. The summed E-state index contributed by atoms with van der Waals surface area (Å²) in [5.41, 5.74) is 0.616. The molecule has 0 aromatic heterocycles. The molecule has 3 rings (SSSR count). The first kappa shape index (κ1) is 18.7. The molecule has 0 bridgehead atoms. The standard InChI is InChI=1S/C17H15F2NO4S2/c18-14-8-15(19)10-17(9-14)26(23,24)20(11-13-4-2-1-3-5-13)16-6-7-25(21,22)12-16/h1-10,16H,11-12H2. The summed E-state index contributed by atoms with van der Waals surface area (Å²) in [6.07, 6.45) is 1.27. The smallest absolute Gasteiger partial charge is 0.224 e. The summed E-state index contributed by atoms with van der Waals surface area (Å²) in [4.78, 5) is -0.566. The van der Waals surface area contributed by atoms with E-state index in [2.05, 4.69) is 0 Å². The van der Waals surface area contributed by atoms with Gasteiger partial charge in [0.05, 0.1) is 16.7 Å². The third kappa shape index (κ3) is 4.00. The van der Waals surface area contributed by atoms with Crippen molar-refractivity contribution in [2.24, 2.45) is 0 Å². The molecular formula is C17H15F2NO4S2. The SMILES string of the molecule is O=S1(=O)C=CC(N(Cc2ccccc2)S(=O)(=O)c2cc(F)cc(F)c2)C1. The van der Waals surface area contributed by atoms with E-state index in [1.165, 1.54) is 6.08 Å². The average molecular weight is 399 g/mol. The first-order valence-electron chi connectivity index (χ1n) is 7.60. The number of sulfonamides is 1. The van der Waals surface area contributed by atoms with Crippen LogP contribution in [-0.2, 0) is 26.4 Å². The zero-order valence-corrected chi connectivity index (χ0v) is 15.1. The summed E-state index contributed by atoms with van der Waals surface area (Å²) in [6, 6.07) is 9.57. The van der Waals surface area contributed by atoms with Crippen LogP contribution in [0.25, 0.3) is 0 Å². The fourth-order valence-electron chi connectivity index (χ4n) is 2.70. The quantitative estimate of drug-likeness (QED) is 0.774. The number of benzene rings is 2. The van der Waals surface area contributed by atoms with Gasteiger partial charge in [-0.2, -0.15) is 4.31 Å². The van der Waals surface area contributed by atoms with E-state index in [9.17, 15) is 25.6 Å². The average Bonchev–Trinajstić information content (AvgIpc) is 2.92. The van der Waals surface area contributed by atoms with E-state index in [1.54, 1.807) is 30.3 Å². The maximum absolute atomic E-state index is 13.5. The van der Waals surface area contributed by atoms with E-state index in [0.717, 1.165) is 9.71 Å². The van der Waals surface area contributed by atoms with Gasteiger partial charge < -0.3 is 0 Å². The Morgan fingerprint density at radius 2 is 1.65 bits per heavy atom. The molecule has 26 heavy (non-hydrogen) atoms. The van der Waals surface area contributed by atoms with Gasteiger partial charge in [-0.15, -0.1) is 0 Å². The van der Waals surface area contributed by atoms with Crippen LogP contribution in [0.3, 0.4) is 0 Å². The van der Waals surface area contributed by atoms with Crippen LogP contribution in [0.15, 0.2) is 64.9 Å². The highest BCUT2D eigenvalue weighted by atomic mass is 32.2. The zero-order valence-electron chi connectivity index (χ0n) is 13.4. The second-order valence-electron chi connectivity index (χ2n) is 5.87. The van der Waals surface area contributed by atoms with E-state index < -0.39 is 48.2 Å². The van der Waals surface area contributed by atoms with Crippen molar-refractivity contribution in [2.75, 3.05) is 5.75 Å². The van der Waals surface area contributed by atoms with Crippen LogP contribution in [0.4, 0.5) is 8.78 Å². The molecule has 5 nitrogen and oxygen atoms in total. The number of hydrogen-bond donors (Lipinski definition) is 0. The second-order valence-corrected chi connectivity index (χ2v) is 9.69. The van der Waals surface area contributed by atoms with Gasteiger partial charge in [-0.05, 0) is 17.7 Å². The monoisotopic (exact) mass is 399 g/mol. The zero-order chi connectivity index (χ0) is 18.9. The second kappa shape index (κ2) is 6.90. The number of sulfone groups is 1.